The number of halogens is 1. The van der Waals surface area contributed by atoms with Crippen LogP contribution in [0.2, 0.25) is 5.02 Å². The standard InChI is InChI=1S/C17H17ClN4OS/c1-2-11-9-13-15(21-10-22-17(13)24-11)19-7-8-20-16(23)12-5-3-4-6-14(12)18/h3-6,9-10H,2,7-8H2,1H3,(H,20,23)(H,19,21,22). The van der Waals surface area contributed by atoms with E-state index in [0.29, 0.717) is 23.7 Å². The highest BCUT2D eigenvalue weighted by molar-refractivity contribution is 7.18. The van der Waals surface area contributed by atoms with Crippen molar-refractivity contribution in [1.82, 2.24) is 15.3 Å². The van der Waals surface area contributed by atoms with Crippen LogP contribution in [0, 0.1) is 0 Å². The van der Waals surface area contributed by atoms with Crippen LogP contribution in [0.25, 0.3) is 10.2 Å². The molecular formula is C17H17ClN4OS. The van der Waals surface area contributed by atoms with Crippen molar-refractivity contribution in [2.45, 2.75) is 13.3 Å². The molecule has 0 fully saturated rings. The summed E-state index contributed by atoms with van der Waals surface area (Å²) >= 11 is 7.70. The number of carbonyl (C=O) groups excluding carboxylic acids is 1. The van der Waals surface area contributed by atoms with Crippen LogP contribution in [-0.2, 0) is 6.42 Å². The van der Waals surface area contributed by atoms with Crippen molar-refractivity contribution >= 4 is 44.9 Å². The predicted octanol–water partition coefficient (Wildman–Crippen LogP) is 3.75. The highest BCUT2D eigenvalue weighted by atomic mass is 35.5. The number of anilines is 1. The van der Waals surface area contributed by atoms with E-state index in [-0.39, 0.29) is 5.91 Å². The van der Waals surface area contributed by atoms with Crippen molar-refractivity contribution in [3.05, 3.63) is 52.1 Å². The molecular weight excluding hydrogens is 344 g/mol. The molecule has 0 unspecified atom stereocenters. The number of fused-ring (bicyclic) bond motifs is 1. The van der Waals surface area contributed by atoms with Gasteiger partial charge in [-0.3, -0.25) is 4.79 Å². The number of rotatable bonds is 6. The molecule has 0 bridgehead atoms. The molecule has 3 rings (SSSR count). The maximum atomic E-state index is 12.1. The number of thiophene rings is 1. The lowest BCUT2D eigenvalue weighted by Crippen LogP contribution is -2.29. The van der Waals surface area contributed by atoms with Crippen LogP contribution < -0.4 is 10.6 Å². The van der Waals surface area contributed by atoms with E-state index in [2.05, 4.69) is 33.6 Å². The summed E-state index contributed by atoms with van der Waals surface area (Å²) in [5.41, 5.74) is 0.481. The summed E-state index contributed by atoms with van der Waals surface area (Å²) < 4.78 is 0. The second-order valence-corrected chi connectivity index (χ2v) is 6.69. The van der Waals surface area contributed by atoms with Crippen molar-refractivity contribution in [2.24, 2.45) is 0 Å². The number of nitrogens with one attached hydrogen (secondary N) is 2. The van der Waals surface area contributed by atoms with Gasteiger partial charge in [-0.1, -0.05) is 30.7 Å². The molecule has 7 heteroatoms. The maximum Gasteiger partial charge on any atom is 0.252 e. The summed E-state index contributed by atoms with van der Waals surface area (Å²) in [4.78, 5) is 22.9. The van der Waals surface area contributed by atoms with Crippen LogP contribution in [0.4, 0.5) is 5.82 Å². The van der Waals surface area contributed by atoms with Gasteiger partial charge in [-0.15, -0.1) is 11.3 Å². The van der Waals surface area contributed by atoms with Crippen LogP contribution in [0.1, 0.15) is 22.2 Å². The van der Waals surface area contributed by atoms with E-state index in [1.807, 2.05) is 0 Å². The van der Waals surface area contributed by atoms with Gasteiger partial charge in [-0.25, -0.2) is 9.97 Å². The zero-order chi connectivity index (χ0) is 16.9. The first kappa shape index (κ1) is 16.7. The highest BCUT2D eigenvalue weighted by Crippen LogP contribution is 2.28. The molecule has 24 heavy (non-hydrogen) atoms. The molecule has 1 amide bonds. The van der Waals surface area contributed by atoms with Crippen LogP contribution in [0.15, 0.2) is 36.7 Å². The predicted molar refractivity (Wildman–Crippen MR) is 99.1 cm³/mol. The largest absolute Gasteiger partial charge is 0.368 e. The van der Waals surface area contributed by atoms with E-state index >= 15 is 0 Å². The summed E-state index contributed by atoms with van der Waals surface area (Å²) in [6.07, 6.45) is 2.54. The fourth-order valence-electron chi connectivity index (χ4n) is 2.32. The second-order valence-electron chi connectivity index (χ2n) is 5.17. The van der Waals surface area contributed by atoms with Crippen molar-refractivity contribution in [1.29, 1.82) is 0 Å². The Balaban J connectivity index is 1.58. The molecule has 0 radical (unpaired) electrons. The van der Waals surface area contributed by atoms with Gasteiger partial charge in [0.15, 0.2) is 0 Å². The van der Waals surface area contributed by atoms with E-state index < -0.39 is 0 Å². The average Bonchev–Trinajstić information content (AvgIpc) is 3.03. The summed E-state index contributed by atoms with van der Waals surface area (Å²) in [5, 5.41) is 7.58. The van der Waals surface area contributed by atoms with Crippen LogP contribution >= 0.6 is 22.9 Å². The minimum Gasteiger partial charge on any atom is -0.368 e. The lowest BCUT2D eigenvalue weighted by Gasteiger charge is -2.08. The van der Waals surface area contributed by atoms with Crippen molar-refractivity contribution in [3.63, 3.8) is 0 Å². The van der Waals surface area contributed by atoms with Gasteiger partial charge in [0, 0.05) is 18.0 Å². The summed E-state index contributed by atoms with van der Waals surface area (Å²) in [6, 6.07) is 9.11. The Morgan fingerprint density at radius 1 is 1.25 bits per heavy atom. The van der Waals surface area contributed by atoms with Crippen molar-refractivity contribution < 1.29 is 4.79 Å². The van der Waals surface area contributed by atoms with Gasteiger partial charge in [0.05, 0.1) is 16.0 Å². The Morgan fingerprint density at radius 2 is 2.08 bits per heavy atom. The first-order valence-corrected chi connectivity index (χ1v) is 8.88. The average molecular weight is 361 g/mol. The van der Waals surface area contributed by atoms with E-state index in [0.717, 1.165) is 22.5 Å². The van der Waals surface area contributed by atoms with Gasteiger partial charge in [0.25, 0.3) is 5.91 Å². The molecule has 0 aliphatic heterocycles. The molecule has 0 aliphatic rings. The first-order valence-electron chi connectivity index (χ1n) is 7.69. The minimum absolute atomic E-state index is 0.181. The van der Waals surface area contributed by atoms with Gasteiger partial charge >= 0.3 is 0 Å². The molecule has 1 aromatic carbocycles. The molecule has 0 saturated heterocycles. The highest BCUT2D eigenvalue weighted by Gasteiger charge is 2.10. The number of amides is 1. The van der Waals surface area contributed by atoms with Gasteiger partial charge < -0.3 is 10.6 Å². The third-order valence-electron chi connectivity index (χ3n) is 3.55. The van der Waals surface area contributed by atoms with Crippen molar-refractivity contribution in [3.8, 4) is 0 Å². The number of nitrogens with zero attached hydrogens (tertiary/aromatic N) is 2. The van der Waals surface area contributed by atoms with Gasteiger partial charge in [-0.2, -0.15) is 0 Å². The zero-order valence-electron chi connectivity index (χ0n) is 13.2. The topological polar surface area (TPSA) is 66.9 Å². The number of hydrogen-bond acceptors (Lipinski definition) is 5. The minimum atomic E-state index is -0.181. The van der Waals surface area contributed by atoms with E-state index in [4.69, 9.17) is 11.6 Å². The lowest BCUT2D eigenvalue weighted by molar-refractivity contribution is 0.0955. The molecule has 2 aromatic heterocycles. The monoisotopic (exact) mass is 360 g/mol. The number of aromatic nitrogens is 2. The fourth-order valence-corrected chi connectivity index (χ4v) is 3.47. The lowest BCUT2D eigenvalue weighted by atomic mass is 10.2. The molecule has 124 valence electrons. The van der Waals surface area contributed by atoms with Crippen LogP contribution in [0.5, 0.6) is 0 Å². The Labute approximate surface area is 149 Å². The molecule has 5 nitrogen and oxygen atoms in total. The summed E-state index contributed by atoms with van der Waals surface area (Å²) in [7, 11) is 0. The number of aryl methyl sites for hydroxylation is 1. The smallest absolute Gasteiger partial charge is 0.252 e. The maximum absolute atomic E-state index is 12.1. The zero-order valence-corrected chi connectivity index (χ0v) is 14.7. The summed E-state index contributed by atoms with van der Waals surface area (Å²) in [6.45, 7) is 3.16. The molecule has 0 saturated carbocycles. The number of carbonyl (C=O) groups is 1. The first-order chi connectivity index (χ1) is 11.7. The Morgan fingerprint density at radius 3 is 2.88 bits per heavy atom. The van der Waals surface area contributed by atoms with Crippen LogP contribution in [-0.4, -0.2) is 29.0 Å². The molecule has 2 heterocycles. The van der Waals surface area contributed by atoms with Gasteiger partial charge in [-0.05, 0) is 24.6 Å². The molecule has 0 spiro atoms. The molecule has 0 aliphatic carbocycles. The Hall–Kier alpha value is -2.18. The normalized spacial score (nSPS) is 10.8. The van der Waals surface area contributed by atoms with E-state index in [9.17, 15) is 4.79 Å². The van der Waals surface area contributed by atoms with Crippen LogP contribution in [0.3, 0.4) is 0 Å². The molecule has 2 N–H and O–H groups in total. The van der Waals surface area contributed by atoms with Gasteiger partial charge in [0.1, 0.15) is 17.0 Å². The Kier molecular flexibility index (Phi) is 5.27. The third kappa shape index (κ3) is 3.66. The third-order valence-corrected chi connectivity index (χ3v) is 5.07. The fraction of sp³-hybridized carbons (Fsp3) is 0.235. The second kappa shape index (κ2) is 7.59. The Bertz CT molecular complexity index is 865. The molecule has 0 atom stereocenters. The van der Waals surface area contributed by atoms with E-state index in [1.165, 1.54) is 4.88 Å². The van der Waals surface area contributed by atoms with Crippen molar-refractivity contribution in [2.75, 3.05) is 18.4 Å². The SMILES string of the molecule is CCc1cc2c(NCCNC(=O)c3ccccc3Cl)ncnc2s1. The summed E-state index contributed by atoms with van der Waals surface area (Å²) in [5.74, 6) is 0.613. The number of benzene rings is 1. The van der Waals surface area contributed by atoms with E-state index in [1.54, 1.807) is 41.9 Å². The quantitative estimate of drug-likeness (QED) is 0.657. The van der Waals surface area contributed by atoms with Gasteiger partial charge in [0.2, 0.25) is 0 Å². The molecule has 3 aromatic rings. The number of hydrogen-bond donors (Lipinski definition) is 2.